The van der Waals surface area contributed by atoms with Crippen molar-refractivity contribution in [1.82, 2.24) is 4.98 Å². The Bertz CT molecular complexity index is 1450. The van der Waals surface area contributed by atoms with E-state index in [0.717, 1.165) is 0 Å². The summed E-state index contributed by atoms with van der Waals surface area (Å²) < 4.78 is 30.4. The molecule has 0 unspecified atom stereocenters. The molecule has 0 aliphatic heterocycles. The summed E-state index contributed by atoms with van der Waals surface area (Å²) in [6, 6.07) is 17.9. The van der Waals surface area contributed by atoms with Gasteiger partial charge in [-0.1, -0.05) is 35.9 Å². The maximum atomic E-state index is 12.2. The van der Waals surface area contributed by atoms with Crippen LogP contribution in [-0.4, -0.2) is 24.6 Å². The lowest BCUT2D eigenvalue weighted by atomic mass is 10.1. The summed E-state index contributed by atoms with van der Waals surface area (Å²) in [4.78, 5) is 15.7. The van der Waals surface area contributed by atoms with Crippen LogP contribution in [0.5, 0.6) is 0 Å². The van der Waals surface area contributed by atoms with Gasteiger partial charge in [-0.05, 0) is 48.5 Å². The van der Waals surface area contributed by atoms with Crippen LogP contribution < -0.4 is 15.9 Å². The second-order valence-corrected chi connectivity index (χ2v) is 8.91. The van der Waals surface area contributed by atoms with E-state index < -0.39 is 16.1 Å². The molecule has 11 heteroatoms. The van der Waals surface area contributed by atoms with Gasteiger partial charge in [-0.3, -0.25) is 5.21 Å². The van der Waals surface area contributed by atoms with E-state index in [2.05, 4.69) is 4.98 Å². The van der Waals surface area contributed by atoms with E-state index in [1.54, 1.807) is 54.6 Å². The molecule has 0 aliphatic rings. The highest BCUT2D eigenvalue weighted by Gasteiger charge is 2.24. The van der Waals surface area contributed by atoms with Gasteiger partial charge >= 0.3 is 6.03 Å². The Morgan fingerprint density at radius 1 is 1.00 bits per heavy atom. The van der Waals surface area contributed by atoms with Crippen LogP contribution in [0.1, 0.15) is 0 Å². The van der Waals surface area contributed by atoms with Crippen LogP contribution in [0.15, 0.2) is 82.1 Å². The van der Waals surface area contributed by atoms with Crippen molar-refractivity contribution in [2.75, 3.05) is 5.06 Å². The minimum atomic E-state index is -4.06. The number of urea groups is 1. The number of amides is 2. The number of primary amides is 1. The number of benzene rings is 3. The van der Waals surface area contributed by atoms with Crippen molar-refractivity contribution in [2.24, 2.45) is 10.9 Å². The Labute approximate surface area is 193 Å². The molecule has 4 aromatic rings. The maximum absolute atomic E-state index is 12.2. The van der Waals surface area contributed by atoms with E-state index in [4.69, 9.17) is 26.9 Å². The van der Waals surface area contributed by atoms with Crippen molar-refractivity contribution in [3.8, 4) is 34.0 Å². The number of hydrogen-bond donors (Lipinski definition) is 3. The largest absolute Gasteiger partial charge is 0.435 e. The minimum absolute atomic E-state index is 0.0951. The van der Waals surface area contributed by atoms with Crippen molar-refractivity contribution >= 4 is 33.3 Å². The van der Waals surface area contributed by atoms with Crippen molar-refractivity contribution in [3.05, 3.63) is 77.8 Å². The van der Waals surface area contributed by atoms with Crippen LogP contribution in [0.2, 0.25) is 5.02 Å². The highest BCUT2D eigenvalue weighted by atomic mass is 35.5. The van der Waals surface area contributed by atoms with E-state index in [9.17, 15) is 18.4 Å². The zero-order valence-electron chi connectivity index (χ0n) is 16.8. The van der Waals surface area contributed by atoms with Crippen molar-refractivity contribution in [1.29, 1.82) is 0 Å². The average Bonchev–Trinajstić information content (AvgIpc) is 3.24. The summed E-state index contributed by atoms with van der Waals surface area (Å²) in [5.41, 5.74) is 6.70. The highest BCUT2D eigenvalue weighted by molar-refractivity contribution is 7.89. The first-order valence-corrected chi connectivity index (χ1v) is 11.4. The van der Waals surface area contributed by atoms with Crippen LogP contribution in [0.3, 0.4) is 0 Å². The third kappa shape index (κ3) is 4.59. The maximum Gasteiger partial charge on any atom is 0.343 e. The molecular formula is C22H17ClN4O5S. The van der Waals surface area contributed by atoms with E-state index in [-0.39, 0.29) is 38.6 Å². The summed E-state index contributed by atoms with van der Waals surface area (Å²) in [6.07, 6.45) is 0. The second kappa shape index (κ2) is 8.68. The topological polar surface area (TPSA) is 153 Å². The second-order valence-electron chi connectivity index (χ2n) is 6.95. The molecule has 1 aromatic heterocycles. The van der Waals surface area contributed by atoms with Gasteiger partial charge < -0.3 is 10.2 Å². The number of aromatic nitrogens is 1. The number of carbonyl (C=O) groups excluding carboxylic acids is 1. The number of rotatable bonds is 5. The summed E-state index contributed by atoms with van der Waals surface area (Å²) in [7, 11) is -4.06. The molecule has 168 valence electrons. The molecule has 0 bridgehead atoms. The number of oxazole rings is 1. The fourth-order valence-electron chi connectivity index (χ4n) is 3.23. The number of nitrogens with zero attached hydrogens (tertiary/aromatic N) is 2. The quantitative estimate of drug-likeness (QED) is 0.284. The molecule has 33 heavy (non-hydrogen) atoms. The Balaban J connectivity index is 1.95. The van der Waals surface area contributed by atoms with Gasteiger partial charge in [-0.15, -0.1) is 0 Å². The number of nitrogens with two attached hydrogens (primary N) is 2. The standard InChI is InChI=1S/C22H17ClN4O5S/c23-15-10-8-13(9-11-15)20-19(17-6-1-2-7-18(17)33(25,30)31)26-21(32-20)14-4-3-5-16(12-14)27(29)22(24)28/h1-12,29H,(H2,24,28)(H2,25,30,31). The zero-order chi connectivity index (χ0) is 23.8. The normalized spacial score (nSPS) is 11.4. The lowest BCUT2D eigenvalue weighted by Crippen LogP contribution is -2.32. The van der Waals surface area contributed by atoms with E-state index in [0.29, 0.717) is 16.1 Å². The fraction of sp³-hybridized carbons (Fsp3) is 0. The van der Waals surface area contributed by atoms with Gasteiger partial charge in [0.25, 0.3) is 0 Å². The molecule has 0 saturated carbocycles. The number of sulfonamides is 1. The third-order valence-corrected chi connectivity index (χ3v) is 5.95. The summed E-state index contributed by atoms with van der Waals surface area (Å²) in [5, 5.41) is 16.1. The highest BCUT2D eigenvalue weighted by Crippen LogP contribution is 2.39. The summed E-state index contributed by atoms with van der Waals surface area (Å²) >= 11 is 6.01. The molecule has 0 fully saturated rings. The van der Waals surface area contributed by atoms with Crippen molar-refractivity contribution in [3.63, 3.8) is 0 Å². The van der Waals surface area contributed by atoms with Gasteiger partial charge in [-0.2, -0.15) is 5.06 Å². The van der Waals surface area contributed by atoms with Crippen molar-refractivity contribution in [2.45, 2.75) is 4.90 Å². The predicted molar refractivity (Wildman–Crippen MR) is 123 cm³/mol. The molecule has 1 heterocycles. The van der Waals surface area contributed by atoms with Crippen LogP contribution >= 0.6 is 11.6 Å². The van der Waals surface area contributed by atoms with Crippen LogP contribution in [0.4, 0.5) is 10.5 Å². The monoisotopic (exact) mass is 484 g/mol. The number of halogens is 1. The van der Waals surface area contributed by atoms with Crippen molar-refractivity contribution < 1.29 is 22.8 Å². The fourth-order valence-corrected chi connectivity index (χ4v) is 4.10. The molecule has 4 rings (SSSR count). The van der Waals surface area contributed by atoms with E-state index >= 15 is 0 Å². The lowest BCUT2D eigenvalue weighted by Gasteiger charge is -2.12. The van der Waals surface area contributed by atoms with E-state index in [1.807, 2.05) is 0 Å². The molecule has 0 aliphatic carbocycles. The Morgan fingerprint density at radius 2 is 1.70 bits per heavy atom. The minimum Gasteiger partial charge on any atom is -0.435 e. The van der Waals surface area contributed by atoms with Gasteiger partial charge in [0.2, 0.25) is 15.9 Å². The number of primary sulfonamides is 1. The summed E-state index contributed by atoms with van der Waals surface area (Å²) in [6.45, 7) is 0. The van der Waals surface area contributed by atoms with Gasteiger partial charge in [0.05, 0.1) is 10.6 Å². The predicted octanol–water partition coefficient (Wildman–Crippen LogP) is 4.25. The first kappa shape index (κ1) is 22.5. The molecule has 5 N–H and O–H groups in total. The van der Waals surface area contributed by atoms with Crippen LogP contribution in [0, 0.1) is 0 Å². The Kier molecular flexibility index (Phi) is 5.91. The number of anilines is 1. The molecular weight excluding hydrogens is 468 g/mol. The smallest absolute Gasteiger partial charge is 0.343 e. The van der Waals surface area contributed by atoms with Gasteiger partial charge in [-0.25, -0.2) is 23.3 Å². The molecule has 2 amide bonds. The molecule has 3 aromatic carbocycles. The third-order valence-electron chi connectivity index (χ3n) is 4.73. The Hall–Kier alpha value is -3.70. The average molecular weight is 485 g/mol. The summed E-state index contributed by atoms with van der Waals surface area (Å²) in [5.74, 6) is 0.387. The van der Waals surface area contributed by atoms with E-state index in [1.165, 1.54) is 18.2 Å². The van der Waals surface area contributed by atoms with Gasteiger partial charge in [0.1, 0.15) is 5.69 Å². The first-order chi connectivity index (χ1) is 15.6. The lowest BCUT2D eigenvalue weighted by molar-refractivity contribution is 0.212. The molecule has 0 radical (unpaired) electrons. The van der Waals surface area contributed by atoms with Gasteiger partial charge in [0, 0.05) is 21.7 Å². The van der Waals surface area contributed by atoms with Crippen LogP contribution in [0.25, 0.3) is 34.0 Å². The molecule has 0 spiro atoms. The molecule has 0 saturated heterocycles. The SMILES string of the molecule is NC(=O)N(O)c1cccc(-c2nc(-c3ccccc3S(N)(=O)=O)c(-c3ccc(Cl)cc3)o2)c1. The number of hydroxylamine groups is 1. The molecule has 0 atom stereocenters. The Morgan fingerprint density at radius 3 is 2.36 bits per heavy atom. The number of carbonyl (C=O) groups is 1. The van der Waals surface area contributed by atoms with Crippen LogP contribution in [-0.2, 0) is 10.0 Å². The first-order valence-electron chi connectivity index (χ1n) is 9.43. The number of hydrogen-bond acceptors (Lipinski definition) is 6. The zero-order valence-corrected chi connectivity index (χ0v) is 18.4. The molecule has 9 nitrogen and oxygen atoms in total. The van der Waals surface area contributed by atoms with Gasteiger partial charge in [0.15, 0.2) is 5.76 Å².